The molecule has 1 atom stereocenters. The highest BCUT2D eigenvalue weighted by molar-refractivity contribution is 6.05. The molecule has 39 heavy (non-hydrogen) atoms. The van der Waals surface area contributed by atoms with E-state index in [0.29, 0.717) is 30.4 Å². The van der Waals surface area contributed by atoms with Crippen LogP contribution in [0, 0.1) is 11.8 Å². The predicted molar refractivity (Wildman–Crippen MR) is 142 cm³/mol. The number of amides is 4. The maximum atomic E-state index is 12.9. The van der Waals surface area contributed by atoms with Crippen molar-refractivity contribution < 1.29 is 19.2 Å². The van der Waals surface area contributed by atoms with Crippen LogP contribution in [0.15, 0.2) is 30.3 Å². The Labute approximate surface area is 226 Å². The molecule has 11 heteroatoms. The van der Waals surface area contributed by atoms with E-state index in [0.717, 1.165) is 63.4 Å². The summed E-state index contributed by atoms with van der Waals surface area (Å²) in [7, 11) is 0. The Morgan fingerprint density at radius 2 is 1.79 bits per heavy atom. The zero-order chi connectivity index (χ0) is 27.1. The minimum absolute atomic E-state index is 0.123. The van der Waals surface area contributed by atoms with Crippen LogP contribution in [0.3, 0.4) is 0 Å². The number of anilines is 1. The number of likely N-dealkylation sites (tertiary alicyclic amines) is 1. The monoisotopic (exact) mass is 531 g/mol. The topological polar surface area (TPSA) is 142 Å². The number of benzene rings is 1. The molecule has 2 aromatic rings. The van der Waals surface area contributed by atoms with Gasteiger partial charge in [-0.1, -0.05) is 12.1 Å². The van der Waals surface area contributed by atoms with Gasteiger partial charge in [-0.25, -0.2) is 0 Å². The summed E-state index contributed by atoms with van der Waals surface area (Å²) in [5, 5.41) is 10.4. The number of piperidine rings is 2. The number of hydrogen-bond acceptors (Lipinski definition) is 8. The van der Waals surface area contributed by atoms with Gasteiger partial charge in [-0.15, -0.1) is 10.2 Å². The van der Waals surface area contributed by atoms with Gasteiger partial charge in [0.2, 0.25) is 11.8 Å². The van der Waals surface area contributed by atoms with E-state index < -0.39 is 11.9 Å². The molecule has 11 nitrogen and oxygen atoms in total. The van der Waals surface area contributed by atoms with Crippen LogP contribution in [-0.2, 0) is 22.6 Å². The Bertz CT molecular complexity index is 1300. The van der Waals surface area contributed by atoms with Crippen LogP contribution < -0.4 is 16.0 Å². The second kappa shape index (κ2) is 10.4. The van der Waals surface area contributed by atoms with Crippen molar-refractivity contribution in [2.75, 3.05) is 37.6 Å². The van der Waals surface area contributed by atoms with Crippen LogP contribution in [0.1, 0.15) is 57.7 Å². The second-order valence-electron chi connectivity index (χ2n) is 11.3. The van der Waals surface area contributed by atoms with Crippen LogP contribution in [0.2, 0.25) is 0 Å². The predicted octanol–water partition coefficient (Wildman–Crippen LogP) is 0.727. The van der Waals surface area contributed by atoms with E-state index in [1.165, 1.54) is 5.56 Å². The number of carbonyl (C=O) groups excluding carboxylic acids is 4. The molecule has 3 fully saturated rings. The van der Waals surface area contributed by atoms with Gasteiger partial charge in [0.05, 0.1) is 0 Å². The molecule has 5 heterocycles. The van der Waals surface area contributed by atoms with Gasteiger partial charge in [-0.05, 0) is 66.8 Å². The van der Waals surface area contributed by atoms with Gasteiger partial charge in [0.15, 0.2) is 11.5 Å². The molecule has 1 aromatic carbocycles. The van der Waals surface area contributed by atoms with E-state index in [1.54, 1.807) is 11.0 Å². The van der Waals surface area contributed by atoms with Gasteiger partial charge in [-0.2, -0.15) is 0 Å². The lowest BCUT2D eigenvalue weighted by atomic mass is 9.88. The zero-order valence-electron chi connectivity index (χ0n) is 21.8. The largest absolute Gasteiger partial charge is 0.364 e. The fraction of sp³-hybridized carbons (Fsp3) is 0.500. The van der Waals surface area contributed by atoms with Gasteiger partial charge < -0.3 is 20.4 Å². The molecule has 0 radical (unpaired) electrons. The molecule has 3 N–H and O–H groups in total. The van der Waals surface area contributed by atoms with E-state index in [1.807, 2.05) is 18.2 Å². The molecule has 0 aliphatic carbocycles. The van der Waals surface area contributed by atoms with Crippen LogP contribution in [0.5, 0.6) is 0 Å². The Morgan fingerprint density at radius 3 is 2.49 bits per heavy atom. The first-order valence-corrected chi connectivity index (χ1v) is 13.7. The molecule has 0 spiro atoms. The summed E-state index contributed by atoms with van der Waals surface area (Å²) in [5.41, 5.74) is 8.30. The summed E-state index contributed by atoms with van der Waals surface area (Å²) < 4.78 is 0. The van der Waals surface area contributed by atoms with Gasteiger partial charge in [0, 0.05) is 51.3 Å². The lowest BCUT2D eigenvalue weighted by molar-refractivity contribution is -0.136. The highest BCUT2D eigenvalue weighted by Crippen LogP contribution is 2.31. The van der Waals surface area contributed by atoms with Gasteiger partial charge >= 0.3 is 0 Å². The van der Waals surface area contributed by atoms with Gasteiger partial charge in [0.25, 0.3) is 11.8 Å². The molecular weight excluding hydrogens is 498 g/mol. The van der Waals surface area contributed by atoms with Crippen molar-refractivity contribution >= 4 is 29.4 Å². The van der Waals surface area contributed by atoms with Crippen LogP contribution in [0.25, 0.3) is 0 Å². The summed E-state index contributed by atoms with van der Waals surface area (Å²) >= 11 is 0. The fourth-order valence-electron chi connectivity index (χ4n) is 6.38. The molecule has 6 rings (SSSR count). The minimum Gasteiger partial charge on any atom is -0.364 e. The molecule has 4 amide bonds. The Morgan fingerprint density at radius 1 is 1.00 bits per heavy atom. The minimum atomic E-state index is -0.576. The van der Waals surface area contributed by atoms with E-state index in [2.05, 4.69) is 31.4 Å². The zero-order valence-corrected chi connectivity index (χ0v) is 21.8. The van der Waals surface area contributed by atoms with Crippen LogP contribution in [0.4, 0.5) is 5.82 Å². The summed E-state index contributed by atoms with van der Waals surface area (Å²) in [6, 6.07) is 8.93. The van der Waals surface area contributed by atoms with Gasteiger partial charge in [-0.3, -0.25) is 24.5 Å². The average Bonchev–Trinajstić information content (AvgIpc) is 3.23. The van der Waals surface area contributed by atoms with Crippen molar-refractivity contribution in [1.82, 2.24) is 25.3 Å². The van der Waals surface area contributed by atoms with Crippen LogP contribution >= 0.6 is 0 Å². The third kappa shape index (κ3) is 5.23. The number of nitrogens with one attached hydrogen (secondary N) is 1. The third-order valence-corrected chi connectivity index (χ3v) is 8.50. The second-order valence-corrected chi connectivity index (χ2v) is 11.3. The molecule has 3 saturated heterocycles. The molecule has 1 aromatic heterocycles. The summed E-state index contributed by atoms with van der Waals surface area (Å²) in [4.78, 5) is 54.2. The molecule has 204 valence electrons. The van der Waals surface area contributed by atoms with Gasteiger partial charge in [0.1, 0.15) is 6.04 Å². The number of rotatable bonds is 7. The lowest BCUT2D eigenvalue weighted by Gasteiger charge is -2.43. The van der Waals surface area contributed by atoms with Crippen molar-refractivity contribution in [1.29, 1.82) is 0 Å². The highest BCUT2D eigenvalue weighted by Gasteiger charge is 2.39. The summed E-state index contributed by atoms with van der Waals surface area (Å²) in [5.74, 6) is 0.713. The number of nitrogens with two attached hydrogens (primary N) is 1. The maximum absolute atomic E-state index is 12.9. The Kier molecular flexibility index (Phi) is 6.76. The molecule has 4 aliphatic heterocycles. The van der Waals surface area contributed by atoms with E-state index >= 15 is 0 Å². The fourth-order valence-corrected chi connectivity index (χ4v) is 6.38. The first kappa shape index (κ1) is 25.4. The number of primary amides is 1. The van der Waals surface area contributed by atoms with Crippen molar-refractivity contribution in [2.24, 2.45) is 17.6 Å². The van der Waals surface area contributed by atoms with Crippen molar-refractivity contribution in [3.05, 3.63) is 52.7 Å². The number of fused-ring (bicyclic) bond motifs is 1. The number of aromatic nitrogens is 2. The lowest BCUT2D eigenvalue weighted by Crippen LogP contribution is -2.52. The number of hydrogen-bond donors (Lipinski definition) is 2. The van der Waals surface area contributed by atoms with E-state index in [9.17, 15) is 19.2 Å². The number of carbonyl (C=O) groups is 4. The molecule has 4 aliphatic rings. The Balaban J connectivity index is 0.954. The quantitative estimate of drug-likeness (QED) is 0.498. The number of imide groups is 1. The van der Waals surface area contributed by atoms with Crippen molar-refractivity contribution in [3.63, 3.8) is 0 Å². The Hall–Kier alpha value is -3.86. The summed E-state index contributed by atoms with van der Waals surface area (Å²) in [6.07, 6.45) is 3.83. The SMILES string of the molecule is NC(=O)c1ccc(N2CCC(CN3CC(Cc4ccc5c(c4)CN(C4CCC(=O)NC4=O)C5=O)C3)CC2)nn1. The first-order chi connectivity index (χ1) is 18.8. The molecular formula is C28H33N7O4. The normalized spacial score (nSPS) is 22.6. The van der Waals surface area contributed by atoms with Crippen molar-refractivity contribution in [3.8, 4) is 0 Å². The smallest absolute Gasteiger partial charge is 0.269 e. The van der Waals surface area contributed by atoms with E-state index in [4.69, 9.17) is 5.73 Å². The maximum Gasteiger partial charge on any atom is 0.269 e. The van der Waals surface area contributed by atoms with E-state index in [-0.39, 0.29) is 29.8 Å². The van der Waals surface area contributed by atoms with Crippen molar-refractivity contribution in [2.45, 2.75) is 44.7 Å². The third-order valence-electron chi connectivity index (χ3n) is 8.50. The average molecular weight is 532 g/mol. The molecule has 1 unspecified atom stereocenters. The molecule has 0 bridgehead atoms. The van der Waals surface area contributed by atoms with Crippen LogP contribution in [-0.4, -0.2) is 82.4 Å². The standard InChI is InChI=1S/C28H33N7O4/c29-26(37)22-3-5-24(32-31-22)34-9-7-17(8-10-34)13-33-14-19(15-33)11-18-1-2-21-20(12-18)16-35(28(21)39)23-4-6-25(36)30-27(23)38/h1-3,5,12,17,19,23H,4,6-11,13-16H2,(H2,29,37)(H,30,36,38). The molecule has 0 saturated carbocycles. The number of nitrogens with zero attached hydrogens (tertiary/aromatic N) is 5. The first-order valence-electron chi connectivity index (χ1n) is 13.7. The highest BCUT2D eigenvalue weighted by atomic mass is 16.2. The summed E-state index contributed by atoms with van der Waals surface area (Å²) in [6.45, 7) is 5.55.